The third-order valence-corrected chi connectivity index (χ3v) is 26.1. The number of hydrogen-bond acceptors (Lipinski definition) is 23. The van der Waals surface area contributed by atoms with E-state index in [-0.39, 0.29) is 21.7 Å². The molecular weight excluding hydrogens is 1740 g/mol. The maximum absolute atomic E-state index is 6.43. The molecule has 0 aliphatic carbocycles. The molecule has 0 radical (unpaired) electrons. The van der Waals surface area contributed by atoms with E-state index in [1.165, 1.54) is 44.4 Å². The van der Waals surface area contributed by atoms with Gasteiger partial charge in [-0.15, -0.1) is 0 Å². The Bertz CT molecular complexity index is 7420. The summed E-state index contributed by atoms with van der Waals surface area (Å²) in [6, 6.07) is 48.9. The molecule has 0 amide bonds. The zero-order valence-electron chi connectivity index (χ0n) is 82.8. The highest BCUT2D eigenvalue weighted by Crippen LogP contribution is 2.53. The molecule has 12 aromatic heterocycles. The van der Waals surface area contributed by atoms with Gasteiger partial charge in [0.05, 0.1) is 62.6 Å². The van der Waals surface area contributed by atoms with E-state index in [0.29, 0.717) is 41.3 Å². The first-order valence-corrected chi connectivity index (χ1v) is 46.9. The predicted octanol–water partition coefficient (Wildman–Crippen LogP) is 21.1. The van der Waals surface area contributed by atoms with Crippen LogP contribution in [0.5, 0.6) is 0 Å². The minimum Gasteiger partial charge on any atom is -0.347 e. The molecule has 30 heteroatoms. The van der Waals surface area contributed by atoms with Crippen LogP contribution >= 0.6 is 11.6 Å². The number of unbranched alkanes of at least 4 members (excludes halogenated alkanes) is 1. The van der Waals surface area contributed by atoms with Gasteiger partial charge in [0.15, 0.2) is 29.1 Å². The van der Waals surface area contributed by atoms with Crippen molar-refractivity contribution in [2.24, 2.45) is 20.8 Å². The summed E-state index contributed by atoms with van der Waals surface area (Å²) in [6.45, 7) is 44.8. The molecule has 0 N–H and O–H groups in total. The Balaban J connectivity index is 0.000000122. The molecule has 6 aliphatic rings. The highest BCUT2D eigenvalue weighted by atomic mass is 35.5. The summed E-state index contributed by atoms with van der Waals surface area (Å²) in [7, 11) is 6.17. The summed E-state index contributed by atoms with van der Waals surface area (Å²) in [5.41, 5.74) is 26.1. The maximum atomic E-state index is 6.43. The molecule has 0 spiro atoms. The fourth-order valence-electron chi connectivity index (χ4n) is 18.9. The number of hydrogen-bond donors (Lipinski definition) is 0. The summed E-state index contributed by atoms with van der Waals surface area (Å²) in [4.78, 5) is 71.1. The standard InChI is InChI=1S/C29H30N8.C28H33ClN8.C26H29N7.C25H22N6/c1-17-14-19(3)36(33-17)27-30-25(31-28(32-27)37-20(4)15-18(2)34-37)16-24-29(5,6)26-22-11-9-8-10-21(22)12-13-23(26)35(24)7;1-8-9-12-35-23-11-10-21(29)15-22(23)28(6,7)24(35)16-25-30-26(36-19(4)13-17(2)33-36)32-27(31-25)37-20(5)14-18(3)34-37;1-16-11-18(3)32(29-16)23-14-20(15-24(28-23)33-19(4)12-17(2)30-33)13-22-26(5,6)21-9-8-10-31(7)25(21)27-22;1-25(2)18-9-8-14-31(3)24(18)30-22(25)16-17-15-21(19-10-4-6-12-26-19)29-23(28-17)20-11-5-7-13-27-20/h8-16H,1-7H3;10-11,13-16H,8-9,12H2,1-7H3;8-15H,1-7H3;4-16H,1-3H3/b2*24-16-;22-13-;22-16-. The summed E-state index contributed by atoms with van der Waals surface area (Å²) in [6.07, 6.45) is 26.5. The number of fused-ring (bicyclic) bond motifs is 6. The Hall–Kier alpha value is -15.5. The Morgan fingerprint density at radius 3 is 1.28 bits per heavy atom. The van der Waals surface area contributed by atoms with Crippen molar-refractivity contribution in [3.63, 3.8) is 0 Å². The molecule has 3 aromatic carbocycles. The molecule has 0 saturated carbocycles. The van der Waals surface area contributed by atoms with Crippen molar-refractivity contribution in [2.75, 3.05) is 37.5 Å². The average molecular weight is 1850 g/mol. The van der Waals surface area contributed by atoms with Gasteiger partial charge in [0.25, 0.3) is 23.8 Å². The fourth-order valence-corrected chi connectivity index (χ4v) is 19.1. The number of nitrogens with zero attached hydrogens (tertiary/aromatic N) is 29. The molecular formula is C108H114ClN29. The maximum Gasteiger partial charge on any atom is 0.256 e. The van der Waals surface area contributed by atoms with E-state index in [1.807, 2.05) is 198 Å². The molecule has 6 aliphatic heterocycles. The van der Waals surface area contributed by atoms with E-state index in [1.54, 1.807) is 31.1 Å². The number of anilines is 2. The molecule has 15 aromatic rings. The number of benzene rings is 3. The summed E-state index contributed by atoms with van der Waals surface area (Å²) < 4.78 is 10.8. The molecule has 0 unspecified atom stereocenters. The largest absolute Gasteiger partial charge is 0.347 e. The number of aryl methyl sites for hydroxylation is 12. The van der Waals surface area contributed by atoms with Gasteiger partial charge in [0.2, 0.25) is 0 Å². The number of rotatable bonds is 15. The second-order valence-corrected chi connectivity index (χ2v) is 38.6. The van der Waals surface area contributed by atoms with Gasteiger partial charge < -0.3 is 19.6 Å². The molecule has 0 atom stereocenters. The average Bonchev–Trinajstić information content (AvgIpc) is 1.57. The summed E-state index contributed by atoms with van der Waals surface area (Å²) >= 11 is 6.43. The minimum atomic E-state index is -0.280. The van der Waals surface area contributed by atoms with Crippen molar-refractivity contribution in [2.45, 2.75) is 169 Å². The highest BCUT2D eigenvalue weighted by Gasteiger charge is 2.44. The van der Waals surface area contributed by atoms with Crippen molar-refractivity contribution in [1.29, 1.82) is 0 Å². The van der Waals surface area contributed by atoms with E-state index in [2.05, 4.69) is 245 Å². The molecule has 29 nitrogen and oxygen atoms in total. The quantitative estimate of drug-likeness (QED) is 0.0921. The van der Waals surface area contributed by atoms with Crippen LogP contribution in [-0.4, -0.2) is 163 Å². The lowest BCUT2D eigenvalue weighted by Crippen LogP contribution is -2.27. The van der Waals surface area contributed by atoms with Gasteiger partial charge in [-0.25, -0.2) is 53.0 Å². The topological polar surface area (TPSA) is 286 Å². The number of aromatic nitrogens is 23. The zero-order chi connectivity index (χ0) is 97.5. The molecule has 138 heavy (non-hydrogen) atoms. The second-order valence-electron chi connectivity index (χ2n) is 38.1. The molecule has 18 heterocycles. The smallest absolute Gasteiger partial charge is 0.256 e. The Morgan fingerprint density at radius 1 is 0.384 bits per heavy atom. The van der Waals surface area contributed by atoms with Gasteiger partial charge in [-0.1, -0.05) is 135 Å². The van der Waals surface area contributed by atoms with Gasteiger partial charge in [-0.2, -0.15) is 60.5 Å². The van der Waals surface area contributed by atoms with E-state index >= 15 is 0 Å². The Labute approximate surface area is 809 Å². The molecule has 21 rings (SSSR count). The monoisotopic (exact) mass is 1850 g/mol. The first-order chi connectivity index (χ1) is 65.9. The molecule has 698 valence electrons. The lowest BCUT2D eigenvalue weighted by atomic mass is 9.81. The van der Waals surface area contributed by atoms with Crippen LogP contribution in [0.25, 0.3) is 93.4 Å². The van der Waals surface area contributed by atoms with Gasteiger partial charge in [-0.05, 0) is 244 Å². The van der Waals surface area contributed by atoms with Crippen molar-refractivity contribution in [3.05, 3.63) is 336 Å². The first-order valence-electron chi connectivity index (χ1n) is 46.5. The van der Waals surface area contributed by atoms with E-state index < -0.39 is 0 Å². The summed E-state index contributed by atoms with van der Waals surface area (Å²) in [5.74, 6) is 7.05. The number of amidine groups is 2. The van der Waals surface area contributed by atoms with Crippen molar-refractivity contribution in [3.8, 4) is 58.3 Å². The van der Waals surface area contributed by atoms with Crippen molar-refractivity contribution < 1.29 is 0 Å². The normalized spacial score (nSPS) is 16.7. The van der Waals surface area contributed by atoms with Gasteiger partial charge in [0, 0.05) is 159 Å². The van der Waals surface area contributed by atoms with Crippen LogP contribution in [0.15, 0.2) is 239 Å². The third kappa shape index (κ3) is 18.0. The Morgan fingerprint density at radius 2 is 0.826 bits per heavy atom. The fraction of sp³-hybridized carbons (Fsp3) is 0.287. The van der Waals surface area contributed by atoms with Crippen molar-refractivity contribution in [1.82, 2.24) is 123 Å². The highest BCUT2D eigenvalue weighted by molar-refractivity contribution is 6.30. The van der Waals surface area contributed by atoms with E-state index in [0.717, 1.165) is 167 Å². The SMILES string of the molecule is CCCCN1/C(=C\c2nc(-n3nc(C)cc3C)nc(-n3nc(C)cc3C)n2)C(C)(C)c2cc(Cl)ccc21.CN1C=CC=C2C1=N/C(=C\c1cc(-c3ccccn3)nc(-c3ccccn3)n1)C2(C)C.Cc1cc(C)n(-c2cc(/C=C3\N=C4C(=CC=CN4C)C3(C)C)cc(-n3nc(C)cc3C)n2)n1.Cc1cc(C)n(-c2nc(/C=C3\N(C)c4ccc5ccccc5c4C3(C)C)nc(-n3nc(C)cc3C)n2)n1. The van der Waals surface area contributed by atoms with Crippen LogP contribution < -0.4 is 9.80 Å². The number of likely N-dealkylation sites (N-methyl/N-ethyl adjacent to an activating group) is 3. The second kappa shape index (κ2) is 36.6. The molecule has 0 bridgehead atoms. The number of pyridine rings is 3. The van der Waals surface area contributed by atoms with Crippen LogP contribution in [0.3, 0.4) is 0 Å². The zero-order valence-corrected chi connectivity index (χ0v) is 83.5. The van der Waals surface area contributed by atoms with Crippen molar-refractivity contribution >= 4 is 69.7 Å². The Kier molecular flexibility index (Phi) is 24.6. The number of allylic oxidation sites excluding steroid dienone is 8. The lowest BCUT2D eigenvalue weighted by Gasteiger charge is -2.27. The van der Waals surface area contributed by atoms with Gasteiger partial charge in [0.1, 0.15) is 17.4 Å². The lowest BCUT2D eigenvalue weighted by molar-refractivity contribution is 0.566. The van der Waals surface area contributed by atoms with Crippen LogP contribution in [0, 0.1) is 93.9 Å². The molecule has 0 saturated heterocycles. The third-order valence-electron chi connectivity index (χ3n) is 25.9. The molecule has 0 fully saturated rings. The van der Waals surface area contributed by atoms with E-state index in [9.17, 15) is 0 Å². The number of halogens is 1. The van der Waals surface area contributed by atoms with Crippen LogP contribution in [-0.2, 0) is 10.8 Å². The minimum absolute atomic E-state index is 0.200. The van der Waals surface area contributed by atoms with Crippen LogP contribution in [0.2, 0.25) is 5.02 Å². The van der Waals surface area contributed by atoms with Crippen LogP contribution in [0.4, 0.5) is 11.4 Å². The van der Waals surface area contributed by atoms with Gasteiger partial charge >= 0.3 is 0 Å². The number of aliphatic imine (C=N–C) groups is 2. The summed E-state index contributed by atoms with van der Waals surface area (Å²) in [5, 5.41) is 31.1. The first kappa shape index (κ1) is 92.9. The predicted molar refractivity (Wildman–Crippen MR) is 548 cm³/mol. The van der Waals surface area contributed by atoms with Crippen LogP contribution in [0.1, 0.15) is 178 Å². The van der Waals surface area contributed by atoms with Gasteiger partial charge in [-0.3, -0.25) is 9.97 Å². The van der Waals surface area contributed by atoms with E-state index in [4.69, 9.17) is 66.4 Å².